The molecule has 3 rings (SSSR count). The van der Waals surface area contributed by atoms with Gasteiger partial charge in [0.25, 0.3) is 0 Å². The molecule has 2 heterocycles. The zero-order chi connectivity index (χ0) is 20.3. The summed E-state index contributed by atoms with van der Waals surface area (Å²) in [5, 5.41) is 0.507. The zero-order valence-corrected chi connectivity index (χ0v) is 18.1. The average Bonchev–Trinajstić information content (AvgIpc) is 2.94. The highest BCUT2D eigenvalue weighted by Gasteiger charge is 2.45. The standard InChI is InChI=1S/C22H31NO4S/c1-5-22(2,3)27-21(25)23-16-8-9-17(23)14-19(13-16)28-18-10-6-15(7-11-18)12-20(24)26-4/h6-7,10-11,16-17,19H,5,8-9,12-14H2,1-4H3. The smallest absolute Gasteiger partial charge is 0.410 e. The fourth-order valence-electron chi connectivity index (χ4n) is 4.00. The van der Waals surface area contributed by atoms with E-state index in [1.807, 2.05) is 49.6 Å². The van der Waals surface area contributed by atoms with Crippen molar-refractivity contribution < 1.29 is 19.1 Å². The van der Waals surface area contributed by atoms with Gasteiger partial charge in [-0.1, -0.05) is 19.1 Å². The van der Waals surface area contributed by atoms with Crippen LogP contribution in [0, 0.1) is 0 Å². The van der Waals surface area contributed by atoms with Gasteiger partial charge in [-0.3, -0.25) is 4.79 Å². The highest BCUT2D eigenvalue weighted by molar-refractivity contribution is 8.00. The summed E-state index contributed by atoms with van der Waals surface area (Å²) in [6.45, 7) is 5.99. The van der Waals surface area contributed by atoms with Crippen molar-refractivity contribution >= 4 is 23.8 Å². The van der Waals surface area contributed by atoms with Crippen LogP contribution < -0.4 is 0 Å². The molecule has 0 aliphatic carbocycles. The first-order chi connectivity index (χ1) is 13.3. The first-order valence-corrected chi connectivity index (χ1v) is 11.0. The van der Waals surface area contributed by atoms with Gasteiger partial charge in [0.2, 0.25) is 0 Å². The third kappa shape index (κ3) is 5.02. The number of thioether (sulfide) groups is 1. The van der Waals surface area contributed by atoms with Gasteiger partial charge in [-0.15, -0.1) is 11.8 Å². The summed E-state index contributed by atoms with van der Waals surface area (Å²) in [6, 6.07) is 8.72. The molecule has 154 valence electrons. The normalized spacial score (nSPS) is 24.1. The summed E-state index contributed by atoms with van der Waals surface area (Å²) in [4.78, 5) is 27.3. The number of amides is 1. The molecule has 28 heavy (non-hydrogen) atoms. The topological polar surface area (TPSA) is 55.8 Å². The fraction of sp³-hybridized carbons (Fsp3) is 0.636. The minimum absolute atomic E-state index is 0.144. The van der Waals surface area contributed by atoms with Crippen LogP contribution in [0.15, 0.2) is 29.2 Å². The van der Waals surface area contributed by atoms with Crippen LogP contribution in [0.1, 0.15) is 58.4 Å². The van der Waals surface area contributed by atoms with Crippen LogP contribution in [0.4, 0.5) is 4.79 Å². The van der Waals surface area contributed by atoms with Crippen molar-refractivity contribution in [2.75, 3.05) is 7.11 Å². The molecule has 1 aromatic rings. The maximum atomic E-state index is 12.7. The van der Waals surface area contributed by atoms with Crippen molar-refractivity contribution in [2.45, 2.75) is 87.1 Å². The molecule has 2 unspecified atom stereocenters. The summed E-state index contributed by atoms with van der Waals surface area (Å²) in [5.74, 6) is -0.220. The number of fused-ring (bicyclic) bond motifs is 2. The Labute approximate surface area is 172 Å². The van der Waals surface area contributed by atoms with Crippen molar-refractivity contribution in [1.82, 2.24) is 4.90 Å². The van der Waals surface area contributed by atoms with Crippen LogP contribution in [-0.4, -0.2) is 47.0 Å². The number of esters is 1. The minimum Gasteiger partial charge on any atom is -0.469 e. The Kier molecular flexibility index (Phi) is 6.58. The summed E-state index contributed by atoms with van der Waals surface area (Å²) in [5.41, 5.74) is 0.556. The van der Waals surface area contributed by atoms with Crippen molar-refractivity contribution in [2.24, 2.45) is 0 Å². The molecule has 2 atom stereocenters. The van der Waals surface area contributed by atoms with Crippen LogP contribution >= 0.6 is 11.8 Å². The molecule has 2 bridgehead atoms. The van der Waals surface area contributed by atoms with Gasteiger partial charge in [-0.2, -0.15) is 0 Å². The average molecular weight is 406 g/mol. The Balaban J connectivity index is 1.57. The number of piperidine rings is 1. The lowest BCUT2D eigenvalue weighted by Gasteiger charge is -2.39. The van der Waals surface area contributed by atoms with Crippen LogP contribution in [0.25, 0.3) is 0 Å². The zero-order valence-electron chi connectivity index (χ0n) is 17.3. The molecule has 0 aromatic heterocycles. The second-order valence-electron chi connectivity index (χ2n) is 8.38. The molecule has 0 radical (unpaired) electrons. The Morgan fingerprint density at radius 1 is 1.14 bits per heavy atom. The maximum absolute atomic E-state index is 12.7. The molecule has 0 N–H and O–H groups in total. The number of carbonyl (C=O) groups excluding carboxylic acids is 2. The second kappa shape index (κ2) is 8.76. The number of methoxy groups -OCH3 is 1. The van der Waals surface area contributed by atoms with Crippen molar-refractivity contribution in [3.05, 3.63) is 29.8 Å². The van der Waals surface area contributed by atoms with E-state index in [1.54, 1.807) is 0 Å². The van der Waals surface area contributed by atoms with Gasteiger partial charge in [0.15, 0.2) is 0 Å². The van der Waals surface area contributed by atoms with Crippen molar-refractivity contribution in [3.63, 3.8) is 0 Å². The molecule has 5 nitrogen and oxygen atoms in total. The maximum Gasteiger partial charge on any atom is 0.410 e. The van der Waals surface area contributed by atoms with Gasteiger partial charge in [0, 0.05) is 22.2 Å². The number of hydrogen-bond acceptors (Lipinski definition) is 5. The van der Waals surface area contributed by atoms with E-state index in [-0.39, 0.29) is 24.1 Å². The van der Waals surface area contributed by atoms with E-state index in [0.717, 1.165) is 37.7 Å². The quantitative estimate of drug-likeness (QED) is 0.636. The molecular formula is C22H31NO4S. The van der Waals surface area contributed by atoms with Gasteiger partial charge in [-0.05, 0) is 63.6 Å². The van der Waals surface area contributed by atoms with E-state index in [9.17, 15) is 9.59 Å². The Bertz CT molecular complexity index is 689. The van der Waals surface area contributed by atoms with Crippen LogP contribution in [0.5, 0.6) is 0 Å². The van der Waals surface area contributed by atoms with Crippen LogP contribution in [-0.2, 0) is 20.7 Å². The summed E-state index contributed by atoms with van der Waals surface area (Å²) in [6.07, 6.45) is 5.13. The lowest BCUT2D eigenvalue weighted by atomic mass is 10.0. The minimum atomic E-state index is -0.409. The number of ether oxygens (including phenoxy) is 2. The van der Waals surface area contributed by atoms with Gasteiger partial charge < -0.3 is 14.4 Å². The number of benzene rings is 1. The Morgan fingerprint density at radius 3 is 2.29 bits per heavy atom. The van der Waals surface area contributed by atoms with E-state index in [4.69, 9.17) is 9.47 Å². The SMILES string of the molecule is CCC(C)(C)OC(=O)N1C2CCC1CC(Sc1ccc(CC(=O)OC)cc1)C2. The summed E-state index contributed by atoms with van der Waals surface area (Å²) in [7, 11) is 1.41. The monoisotopic (exact) mass is 405 g/mol. The highest BCUT2D eigenvalue weighted by Crippen LogP contribution is 2.43. The molecule has 2 aliphatic heterocycles. The number of nitrogens with zero attached hydrogens (tertiary/aromatic N) is 1. The second-order valence-corrected chi connectivity index (χ2v) is 9.76. The Morgan fingerprint density at radius 2 is 1.75 bits per heavy atom. The third-order valence-electron chi connectivity index (χ3n) is 5.92. The lowest BCUT2D eigenvalue weighted by Crippen LogP contribution is -2.49. The van der Waals surface area contributed by atoms with Gasteiger partial charge in [-0.25, -0.2) is 4.79 Å². The Hall–Kier alpha value is -1.69. The fourth-order valence-corrected chi connectivity index (χ4v) is 5.31. The molecule has 0 saturated carbocycles. The molecule has 1 aromatic carbocycles. The third-order valence-corrected chi connectivity index (χ3v) is 7.18. The molecule has 6 heteroatoms. The molecule has 2 aliphatic rings. The van der Waals surface area contributed by atoms with E-state index in [2.05, 4.69) is 12.1 Å². The predicted molar refractivity (Wildman–Crippen MR) is 111 cm³/mol. The largest absolute Gasteiger partial charge is 0.469 e. The molecule has 2 fully saturated rings. The van der Waals surface area contributed by atoms with Gasteiger partial charge >= 0.3 is 12.1 Å². The molecule has 2 saturated heterocycles. The number of rotatable bonds is 6. The van der Waals surface area contributed by atoms with Gasteiger partial charge in [0.1, 0.15) is 5.60 Å². The first kappa shape index (κ1) is 21.0. The highest BCUT2D eigenvalue weighted by atomic mass is 32.2. The van der Waals surface area contributed by atoms with Crippen LogP contribution in [0.2, 0.25) is 0 Å². The van der Waals surface area contributed by atoms with E-state index in [1.165, 1.54) is 12.0 Å². The predicted octanol–water partition coefficient (Wildman–Crippen LogP) is 4.81. The number of carbonyl (C=O) groups is 2. The van der Waals surface area contributed by atoms with Crippen molar-refractivity contribution in [1.29, 1.82) is 0 Å². The number of hydrogen-bond donors (Lipinski definition) is 0. The van der Waals surface area contributed by atoms with E-state index >= 15 is 0 Å². The van der Waals surface area contributed by atoms with Crippen LogP contribution in [0.3, 0.4) is 0 Å². The summed E-state index contributed by atoms with van der Waals surface area (Å²) < 4.78 is 10.5. The first-order valence-electron chi connectivity index (χ1n) is 10.1. The lowest BCUT2D eigenvalue weighted by molar-refractivity contribution is -0.139. The molecule has 0 spiro atoms. The molecular weight excluding hydrogens is 374 g/mol. The van der Waals surface area contributed by atoms with Crippen molar-refractivity contribution in [3.8, 4) is 0 Å². The van der Waals surface area contributed by atoms with Gasteiger partial charge in [0.05, 0.1) is 13.5 Å². The molecule has 1 amide bonds. The van der Waals surface area contributed by atoms with E-state index < -0.39 is 5.60 Å². The summed E-state index contributed by atoms with van der Waals surface area (Å²) >= 11 is 1.88. The van der Waals surface area contributed by atoms with E-state index in [0.29, 0.717) is 11.7 Å².